The van der Waals surface area contributed by atoms with Gasteiger partial charge in [0.25, 0.3) is 0 Å². The summed E-state index contributed by atoms with van der Waals surface area (Å²) in [5, 5.41) is 10.5. The Morgan fingerprint density at radius 1 is 0.917 bits per heavy atom. The van der Waals surface area contributed by atoms with Gasteiger partial charge in [0.05, 0.1) is 5.41 Å². The Morgan fingerprint density at radius 2 is 1.58 bits per heavy atom. The molecule has 0 heterocycles. The molecule has 0 radical (unpaired) electrons. The lowest BCUT2D eigenvalue weighted by Gasteiger charge is -2.69. The molecule has 36 heavy (non-hydrogen) atoms. The number of hydrogen-bond donors (Lipinski definition) is 1. The first-order chi connectivity index (χ1) is 16.7. The monoisotopic (exact) mass is 500 g/mol. The SMILES string of the molecule is C=C(C)CCC[C@]1(C(=O)O)CCC2[C@H](CCC3[C@@]2(C)CCC2C(C)(C)[C@@H](OC(C)=O)CC[C@@]23C)C1C. The van der Waals surface area contributed by atoms with Crippen molar-refractivity contribution >= 4 is 11.9 Å². The Hall–Kier alpha value is -1.32. The normalized spacial score (nSPS) is 45.5. The first-order valence-electron chi connectivity index (χ1n) is 14.7. The van der Waals surface area contributed by atoms with Gasteiger partial charge in [-0.2, -0.15) is 0 Å². The fourth-order valence-corrected chi connectivity index (χ4v) is 10.8. The molecule has 4 nitrogen and oxygen atoms in total. The van der Waals surface area contributed by atoms with Gasteiger partial charge in [-0.1, -0.05) is 40.2 Å². The van der Waals surface area contributed by atoms with Crippen molar-refractivity contribution in [2.24, 2.45) is 51.2 Å². The van der Waals surface area contributed by atoms with Gasteiger partial charge in [0, 0.05) is 12.3 Å². The van der Waals surface area contributed by atoms with Crippen LogP contribution in [0.1, 0.15) is 119 Å². The van der Waals surface area contributed by atoms with E-state index in [0.29, 0.717) is 23.7 Å². The molecule has 9 atom stereocenters. The summed E-state index contributed by atoms with van der Waals surface area (Å²) in [5.41, 5.74) is 1.09. The van der Waals surface area contributed by atoms with Crippen LogP contribution in [0.2, 0.25) is 0 Å². The minimum Gasteiger partial charge on any atom is -0.481 e. The highest BCUT2D eigenvalue weighted by Crippen LogP contribution is 2.72. The predicted molar refractivity (Wildman–Crippen MR) is 144 cm³/mol. The van der Waals surface area contributed by atoms with Crippen LogP contribution in [0.3, 0.4) is 0 Å². The maximum absolute atomic E-state index is 12.8. The summed E-state index contributed by atoms with van der Waals surface area (Å²) < 4.78 is 5.85. The summed E-state index contributed by atoms with van der Waals surface area (Å²) in [6.07, 6.45) is 11.4. The highest BCUT2D eigenvalue weighted by Gasteiger charge is 2.66. The minimum atomic E-state index is -0.578. The van der Waals surface area contributed by atoms with Crippen LogP contribution in [-0.2, 0) is 14.3 Å². The molecule has 4 fully saturated rings. The number of fused-ring (bicyclic) bond motifs is 5. The van der Waals surface area contributed by atoms with Crippen molar-refractivity contribution in [1.29, 1.82) is 0 Å². The second-order valence-electron chi connectivity index (χ2n) is 14.6. The number of carboxylic acid groups (broad SMARTS) is 1. The Labute approximate surface area is 220 Å². The largest absolute Gasteiger partial charge is 0.481 e. The summed E-state index contributed by atoms with van der Waals surface area (Å²) in [7, 11) is 0. The average molecular weight is 501 g/mol. The molecule has 4 unspecified atom stereocenters. The second kappa shape index (κ2) is 9.45. The van der Waals surface area contributed by atoms with Gasteiger partial charge in [-0.15, -0.1) is 6.58 Å². The zero-order valence-electron chi connectivity index (χ0n) is 24.1. The topological polar surface area (TPSA) is 63.6 Å². The number of esters is 1. The predicted octanol–water partition coefficient (Wildman–Crippen LogP) is 8.05. The van der Waals surface area contributed by atoms with Crippen molar-refractivity contribution in [2.45, 2.75) is 125 Å². The van der Waals surface area contributed by atoms with Gasteiger partial charge < -0.3 is 9.84 Å². The molecular formula is C32H52O4. The van der Waals surface area contributed by atoms with E-state index in [0.717, 1.165) is 56.9 Å². The van der Waals surface area contributed by atoms with Gasteiger partial charge >= 0.3 is 11.9 Å². The third-order valence-corrected chi connectivity index (χ3v) is 12.6. The van der Waals surface area contributed by atoms with Crippen LogP contribution in [0.4, 0.5) is 0 Å². The molecule has 4 rings (SSSR count). The lowest BCUT2D eigenvalue weighted by molar-refractivity contribution is -0.223. The van der Waals surface area contributed by atoms with Crippen LogP contribution in [-0.4, -0.2) is 23.1 Å². The Bertz CT molecular complexity index is 891. The molecule has 204 valence electrons. The first kappa shape index (κ1) is 27.7. The Kier molecular flexibility index (Phi) is 7.28. The molecule has 4 aliphatic rings. The number of aliphatic carboxylic acids is 1. The number of carbonyl (C=O) groups excluding carboxylic acids is 1. The molecule has 4 aliphatic carbocycles. The molecule has 0 aromatic carbocycles. The average Bonchev–Trinajstić information content (AvgIpc) is 2.76. The van der Waals surface area contributed by atoms with Crippen molar-refractivity contribution in [3.05, 3.63) is 12.2 Å². The Balaban J connectivity index is 1.58. The van der Waals surface area contributed by atoms with E-state index in [2.05, 4.69) is 41.2 Å². The van der Waals surface area contributed by atoms with E-state index in [9.17, 15) is 14.7 Å². The highest BCUT2D eigenvalue weighted by atomic mass is 16.5. The fraction of sp³-hybridized carbons (Fsp3) is 0.875. The summed E-state index contributed by atoms with van der Waals surface area (Å²) >= 11 is 0. The summed E-state index contributed by atoms with van der Waals surface area (Å²) in [6, 6.07) is 0. The molecule has 0 saturated heterocycles. The van der Waals surface area contributed by atoms with Crippen LogP contribution in [0.15, 0.2) is 12.2 Å². The Morgan fingerprint density at radius 3 is 2.19 bits per heavy atom. The molecule has 0 bridgehead atoms. The van der Waals surface area contributed by atoms with Gasteiger partial charge in [0.2, 0.25) is 0 Å². The molecule has 0 aliphatic heterocycles. The standard InChI is InChI=1S/C32H52O4/c1-20(2)10-9-16-32(28(34)35)19-13-24-23(21(32)3)11-12-26-30(24,7)17-14-25-29(5,6)27(36-22(4)33)15-18-31(25,26)8/h21,23-27H,1,9-19H2,2-8H3,(H,34,35)/t21?,23-,24?,25?,26?,27+,30+,31+,32+/m1/s1. The van der Waals surface area contributed by atoms with Crippen LogP contribution >= 0.6 is 0 Å². The van der Waals surface area contributed by atoms with E-state index in [1.54, 1.807) is 6.92 Å². The quantitative estimate of drug-likeness (QED) is 0.296. The fourth-order valence-electron chi connectivity index (χ4n) is 10.8. The maximum Gasteiger partial charge on any atom is 0.309 e. The number of carbonyl (C=O) groups is 2. The van der Waals surface area contributed by atoms with Crippen LogP contribution in [0, 0.1) is 51.2 Å². The first-order valence-corrected chi connectivity index (χ1v) is 14.7. The molecule has 4 saturated carbocycles. The molecule has 1 N–H and O–H groups in total. The smallest absolute Gasteiger partial charge is 0.309 e. The van der Waals surface area contributed by atoms with E-state index < -0.39 is 11.4 Å². The summed E-state index contributed by atoms with van der Waals surface area (Å²) in [6.45, 7) is 19.7. The van der Waals surface area contributed by atoms with Gasteiger partial charge in [-0.3, -0.25) is 9.59 Å². The van der Waals surface area contributed by atoms with Crippen LogP contribution in [0.5, 0.6) is 0 Å². The summed E-state index contributed by atoms with van der Waals surface area (Å²) in [4.78, 5) is 24.6. The molecule has 0 spiro atoms. The highest BCUT2D eigenvalue weighted by molar-refractivity contribution is 5.75. The third kappa shape index (κ3) is 4.17. The lowest BCUT2D eigenvalue weighted by atomic mass is 9.36. The third-order valence-electron chi connectivity index (χ3n) is 12.6. The molecule has 4 heteroatoms. The van der Waals surface area contributed by atoms with E-state index in [-0.39, 0.29) is 34.2 Å². The molecular weight excluding hydrogens is 448 g/mol. The van der Waals surface area contributed by atoms with Gasteiger partial charge in [0.15, 0.2) is 0 Å². The molecule has 0 amide bonds. The van der Waals surface area contributed by atoms with E-state index >= 15 is 0 Å². The van der Waals surface area contributed by atoms with Crippen molar-refractivity contribution < 1.29 is 19.4 Å². The maximum atomic E-state index is 12.8. The van der Waals surface area contributed by atoms with Crippen LogP contribution < -0.4 is 0 Å². The second-order valence-corrected chi connectivity index (χ2v) is 14.6. The summed E-state index contributed by atoms with van der Waals surface area (Å²) in [5.74, 6) is 1.84. The minimum absolute atomic E-state index is 0.0128. The van der Waals surface area contributed by atoms with Crippen LogP contribution in [0.25, 0.3) is 0 Å². The number of rotatable bonds is 6. The zero-order valence-corrected chi connectivity index (χ0v) is 24.1. The number of allylic oxidation sites excluding steroid dienone is 1. The number of hydrogen-bond acceptors (Lipinski definition) is 3. The van der Waals surface area contributed by atoms with Crippen molar-refractivity contribution in [1.82, 2.24) is 0 Å². The molecule has 0 aromatic heterocycles. The van der Waals surface area contributed by atoms with E-state index in [1.807, 2.05) is 6.92 Å². The number of ether oxygens (including phenoxy) is 1. The van der Waals surface area contributed by atoms with Gasteiger partial charge in [-0.05, 0) is 118 Å². The van der Waals surface area contributed by atoms with Crippen molar-refractivity contribution in [3.63, 3.8) is 0 Å². The van der Waals surface area contributed by atoms with E-state index in [1.165, 1.54) is 19.3 Å². The number of carboxylic acids is 1. The van der Waals surface area contributed by atoms with Crippen molar-refractivity contribution in [2.75, 3.05) is 0 Å². The zero-order chi connectivity index (χ0) is 26.7. The lowest BCUT2D eigenvalue weighted by Crippen LogP contribution is -2.63. The molecule has 0 aromatic rings. The van der Waals surface area contributed by atoms with Gasteiger partial charge in [-0.25, -0.2) is 0 Å². The van der Waals surface area contributed by atoms with E-state index in [4.69, 9.17) is 4.74 Å². The van der Waals surface area contributed by atoms with Gasteiger partial charge in [0.1, 0.15) is 6.10 Å². The van der Waals surface area contributed by atoms with Crippen molar-refractivity contribution in [3.8, 4) is 0 Å².